The molecule has 1 heterocycles. The average molecular weight is 390 g/mol. The van der Waals surface area contributed by atoms with Crippen molar-refractivity contribution in [1.29, 1.82) is 0 Å². The second-order valence-corrected chi connectivity index (χ2v) is 6.20. The van der Waals surface area contributed by atoms with Crippen molar-refractivity contribution in [3.8, 4) is 0 Å². The van der Waals surface area contributed by atoms with Crippen LogP contribution in [0.2, 0.25) is 5.02 Å². The van der Waals surface area contributed by atoms with Crippen molar-refractivity contribution < 1.29 is 0 Å². The van der Waals surface area contributed by atoms with E-state index in [9.17, 15) is 0 Å². The van der Waals surface area contributed by atoms with Crippen LogP contribution in [0.5, 0.6) is 0 Å². The van der Waals surface area contributed by atoms with Gasteiger partial charge < -0.3 is 10.6 Å². The van der Waals surface area contributed by atoms with Crippen molar-refractivity contribution in [2.45, 2.75) is 6.92 Å². The molecular formula is C17H14BrClN4. The molecule has 0 atom stereocenters. The maximum atomic E-state index is 6.18. The molecule has 0 unspecified atom stereocenters. The molecule has 0 aliphatic carbocycles. The third-order valence-electron chi connectivity index (χ3n) is 3.26. The molecule has 4 nitrogen and oxygen atoms in total. The zero-order valence-electron chi connectivity index (χ0n) is 12.3. The van der Waals surface area contributed by atoms with Crippen molar-refractivity contribution in [1.82, 2.24) is 9.97 Å². The first-order chi connectivity index (χ1) is 11.1. The van der Waals surface area contributed by atoms with Gasteiger partial charge in [-0.1, -0.05) is 41.9 Å². The highest BCUT2D eigenvalue weighted by atomic mass is 79.9. The average Bonchev–Trinajstić information content (AvgIpc) is 2.55. The van der Waals surface area contributed by atoms with Crippen molar-refractivity contribution in [3.05, 3.63) is 69.8 Å². The lowest BCUT2D eigenvalue weighted by atomic mass is 10.2. The van der Waals surface area contributed by atoms with Crippen LogP contribution in [0.4, 0.5) is 23.1 Å². The van der Waals surface area contributed by atoms with Crippen molar-refractivity contribution in [3.63, 3.8) is 0 Å². The topological polar surface area (TPSA) is 49.8 Å². The Balaban J connectivity index is 1.88. The summed E-state index contributed by atoms with van der Waals surface area (Å²) in [4.78, 5) is 8.80. The van der Waals surface area contributed by atoms with E-state index >= 15 is 0 Å². The molecule has 116 valence electrons. The van der Waals surface area contributed by atoms with E-state index in [1.54, 1.807) is 6.20 Å². The van der Waals surface area contributed by atoms with Crippen LogP contribution in [0.1, 0.15) is 5.56 Å². The van der Waals surface area contributed by atoms with Gasteiger partial charge >= 0.3 is 0 Å². The molecule has 0 saturated carbocycles. The summed E-state index contributed by atoms with van der Waals surface area (Å²) in [5.74, 6) is 1.15. The molecule has 6 heteroatoms. The van der Waals surface area contributed by atoms with Gasteiger partial charge in [0.05, 0.1) is 15.2 Å². The van der Waals surface area contributed by atoms with Crippen molar-refractivity contribution in [2.75, 3.05) is 10.6 Å². The number of anilines is 4. The molecule has 0 amide bonds. The van der Waals surface area contributed by atoms with E-state index in [1.165, 1.54) is 0 Å². The van der Waals surface area contributed by atoms with E-state index in [0.29, 0.717) is 16.8 Å². The first-order valence-electron chi connectivity index (χ1n) is 7.00. The summed E-state index contributed by atoms with van der Waals surface area (Å²) in [5, 5.41) is 7.07. The van der Waals surface area contributed by atoms with Crippen LogP contribution in [0.15, 0.2) is 59.2 Å². The second-order valence-electron chi connectivity index (χ2n) is 4.93. The lowest BCUT2D eigenvalue weighted by molar-refractivity contribution is 1.15. The number of nitrogens with one attached hydrogen (secondary N) is 2. The molecule has 0 saturated heterocycles. The predicted molar refractivity (Wildman–Crippen MR) is 98.9 cm³/mol. The van der Waals surface area contributed by atoms with Gasteiger partial charge in [-0.05, 0) is 46.6 Å². The molecule has 3 aromatic rings. The Morgan fingerprint density at radius 2 is 1.65 bits per heavy atom. The van der Waals surface area contributed by atoms with E-state index in [1.807, 2.05) is 55.5 Å². The van der Waals surface area contributed by atoms with Gasteiger partial charge in [0, 0.05) is 11.9 Å². The first-order valence-corrected chi connectivity index (χ1v) is 8.17. The van der Waals surface area contributed by atoms with Crippen molar-refractivity contribution in [2.24, 2.45) is 0 Å². The molecule has 0 aliphatic heterocycles. The standard InChI is InChI=1S/C17H14BrClN4/c1-11-6-2-4-8-14(11)22-17-20-10-12(18)16(23-17)21-15-9-5-3-7-13(15)19/h2-10H,1H3,(H2,20,21,22,23). The minimum Gasteiger partial charge on any atom is -0.338 e. The van der Waals surface area contributed by atoms with Crippen LogP contribution in [0, 0.1) is 6.92 Å². The molecule has 0 fully saturated rings. The van der Waals surface area contributed by atoms with Gasteiger partial charge in [0.25, 0.3) is 0 Å². The Bertz CT molecular complexity index is 838. The lowest BCUT2D eigenvalue weighted by Crippen LogP contribution is -2.02. The molecule has 0 bridgehead atoms. The zero-order chi connectivity index (χ0) is 16.2. The summed E-state index contributed by atoms with van der Waals surface area (Å²) in [6.07, 6.45) is 1.70. The van der Waals surface area contributed by atoms with Crippen LogP contribution >= 0.6 is 27.5 Å². The molecule has 0 radical (unpaired) electrons. The number of hydrogen-bond acceptors (Lipinski definition) is 4. The SMILES string of the molecule is Cc1ccccc1Nc1ncc(Br)c(Nc2ccccc2Cl)n1. The molecule has 3 rings (SSSR count). The zero-order valence-corrected chi connectivity index (χ0v) is 14.7. The van der Waals surface area contributed by atoms with Crippen LogP contribution in [0.3, 0.4) is 0 Å². The summed E-state index contributed by atoms with van der Waals surface area (Å²) in [6, 6.07) is 15.5. The van der Waals surface area contributed by atoms with E-state index in [2.05, 4.69) is 36.5 Å². The van der Waals surface area contributed by atoms with Gasteiger partial charge in [-0.15, -0.1) is 0 Å². The fourth-order valence-corrected chi connectivity index (χ4v) is 2.51. The fraction of sp³-hybridized carbons (Fsp3) is 0.0588. The maximum Gasteiger partial charge on any atom is 0.229 e. The smallest absolute Gasteiger partial charge is 0.229 e. The minimum absolute atomic E-state index is 0.511. The molecule has 0 spiro atoms. The Labute approximate surface area is 148 Å². The largest absolute Gasteiger partial charge is 0.338 e. The van der Waals surface area contributed by atoms with E-state index < -0.39 is 0 Å². The Kier molecular flexibility index (Phi) is 4.79. The quantitative estimate of drug-likeness (QED) is 0.602. The Hall–Kier alpha value is -2.11. The predicted octanol–water partition coefficient (Wildman–Crippen LogP) is 5.69. The number of rotatable bonds is 4. The van der Waals surface area contributed by atoms with Crippen LogP contribution < -0.4 is 10.6 Å². The minimum atomic E-state index is 0.511. The summed E-state index contributed by atoms with van der Waals surface area (Å²) in [7, 11) is 0. The van der Waals surface area contributed by atoms with Crippen LogP contribution in [0.25, 0.3) is 0 Å². The van der Waals surface area contributed by atoms with Gasteiger partial charge in [-0.3, -0.25) is 0 Å². The highest BCUT2D eigenvalue weighted by Crippen LogP contribution is 2.29. The number of aromatic nitrogens is 2. The molecule has 2 N–H and O–H groups in total. The molecule has 1 aromatic heterocycles. The van der Waals surface area contributed by atoms with Gasteiger partial charge in [0.2, 0.25) is 5.95 Å². The van der Waals surface area contributed by atoms with Gasteiger partial charge in [0.1, 0.15) is 5.82 Å². The van der Waals surface area contributed by atoms with Crippen molar-refractivity contribution >= 4 is 50.7 Å². The molecule has 2 aromatic carbocycles. The molecule has 0 aliphatic rings. The number of nitrogens with zero attached hydrogens (tertiary/aromatic N) is 2. The number of hydrogen-bond donors (Lipinski definition) is 2. The molecule has 23 heavy (non-hydrogen) atoms. The Morgan fingerprint density at radius 3 is 2.39 bits per heavy atom. The number of benzene rings is 2. The monoisotopic (exact) mass is 388 g/mol. The maximum absolute atomic E-state index is 6.18. The first kappa shape index (κ1) is 15.8. The highest BCUT2D eigenvalue weighted by Gasteiger charge is 2.08. The van der Waals surface area contributed by atoms with E-state index in [-0.39, 0.29) is 0 Å². The summed E-state index contributed by atoms with van der Waals surface area (Å²) < 4.78 is 0.757. The lowest BCUT2D eigenvalue weighted by Gasteiger charge is -2.12. The second kappa shape index (κ2) is 6.98. The normalized spacial score (nSPS) is 10.4. The van der Waals surface area contributed by atoms with Gasteiger partial charge in [-0.25, -0.2) is 4.98 Å². The third-order valence-corrected chi connectivity index (χ3v) is 4.17. The fourth-order valence-electron chi connectivity index (χ4n) is 2.04. The summed E-state index contributed by atoms with van der Waals surface area (Å²) in [6.45, 7) is 2.03. The number of para-hydroxylation sites is 2. The van der Waals surface area contributed by atoms with Crippen LogP contribution in [-0.4, -0.2) is 9.97 Å². The van der Waals surface area contributed by atoms with Gasteiger partial charge in [-0.2, -0.15) is 4.98 Å². The van der Waals surface area contributed by atoms with E-state index in [4.69, 9.17) is 11.6 Å². The van der Waals surface area contributed by atoms with Gasteiger partial charge in [0.15, 0.2) is 0 Å². The van der Waals surface area contributed by atoms with E-state index in [0.717, 1.165) is 21.4 Å². The highest BCUT2D eigenvalue weighted by molar-refractivity contribution is 9.10. The number of aryl methyl sites for hydroxylation is 1. The van der Waals surface area contributed by atoms with Crippen LogP contribution in [-0.2, 0) is 0 Å². The molecular weight excluding hydrogens is 376 g/mol. The third kappa shape index (κ3) is 3.81. The summed E-state index contributed by atoms with van der Waals surface area (Å²) in [5.41, 5.74) is 2.88. The number of halogens is 2. The Morgan fingerprint density at radius 1 is 0.957 bits per heavy atom. The summed E-state index contributed by atoms with van der Waals surface area (Å²) >= 11 is 9.63.